The van der Waals surface area contributed by atoms with Crippen molar-refractivity contribution in [1.29, 1.82) is 5.26 Å². The number of aromatic nitrogens is 1. The van der Waals surface area contributed by atoms with Crippen molar-refractivity contribution < 1.29 is 0 Å². The van der Waals surface area contributed by atoms with Gasteiger partial charge >= 0.3 is 0 Å². The number of nitrogens with zero attached hydrogens (tertiary/aromatic N) is 2. The third-order valence-electron chi connectivity index (χ3n) is 2.47. The van der Waals surface area contributed by atoms with Crippen molar-refractivity contribution >= 4 is 17.6 Å². The van der Waals surface area contributed by atoms with Gasteiger partial charge in [-0.3, -0.25) is 0 Å². The fourth-order valence-corrected chi connectivity index (χ4v) is 2.00. The van der Waals surface area contributed by atoms with E-state index in [4.69, 9.17) is 5.26 Å². The lowest BCUT2D eigenvalue weighted by molar-refractivity contribution is 0.688. The Labute approximate surface area is 108 Å². The van der Waals surface area contributed by atoms with Crippen LogP contribution in [-0.2, 0) is 0 Å². The summed E-state index contributed by atoms with van der Waals surface area (Å²) in [6, 6.07) is 5.70. The third kappa shape index (κ3) is 6.18. The van der Waals surface area contributed by atoms with E-state index in [0.717, 1.165) is 12.4 Å². The van der Waals surface area contributed by atoms with Crippen molar-refractivity contribution in [3.05, 3.63) is 23.9 Å². The first kappa shape index (κ1) is 13.9. The summed E-state index contributed by atoms with van der Waals surface area (Å²) in [7, 11) is 0. The van der Waals surface area contributed by atoms with E-state index in [-0.39, 0.29) is 0 Å². The van der Waals surface area contributed by atoms with Crippen LogP contribution in [-0.4, -0.2) is 23.5 Å². The Hall–Kier alpha value is -1.21. The van der Waals surface area contributed by atoms with Gasteiger partial charge in [0.2, 0.25) is 0 Å². The summed E-state index contributed by atoms with van der Waals surface area (Å²) in [6.07, 6.45) is 8.82. The highest BCUT2D eigenvalue weighted by molar-refractivity contribution is 7.98. The van der Waals surface area contributed by atoms with Crippen LogP contribution in [0.2, 0.25) is 0 Å². The predicted molar refractivity (Wildman–Crippen MR) is 74.3 cm³/mol. The van der Waals surface area contributed by atoms with Crippen molar-refractivity contribution in [2.24, 2.45) is 0 Å². The molecule has 0 aliphatic rings. The second-order valence-electron chi connectivity index (χ2n) is 3.88. The van der Waals surface area contributed by atoms with Crippen LogP contribution >= 0.6 is 11.8 Å². The van der Waals surface area contributed by atoms with Crippen molar-refractivity contribution in [3.8, 4) is 6.07 Å². The minimum absolute atomic E-state index is 0.604. The van der Waals surface area contributed by atoms with Gasteiger partial charge in [0.05, 0.1) is 5.56 Å². The summed E-state index contributed by atoms with van der Waals surface area (Å²) in [5, 5.41) is 11.9. The molecule has 0 saturated heterocycles. The number of hydrogen-bond donors (Lipinski definition) is 1. The number of nitriles is 1. The second kappa shape index (κ2) is 8.89. The Morgan fingerprint density at radius 2 is 2.12 bits per heavy atom. The normalized spacial score (nSPS) is 9.88. The molecule has 0 aromatic carbocycles. The Bertz CT molecular complexity index is 343. The topological polar surface area (TPSA) is 48.7 Å². The zero-order valence-corrected chi connectivity index (χ0v) is 11.1. The number of hydrogen-bond acceptors (Lipinski definition) is 4. The molecule has 0 spiro atoms. The molecule has 3 nitrogen and oxygen atoms in total. The molecule has 0 amide bonds. The molecule has 0 unspecified atom stereocenters. The minimum Gasteiger partial charge on any atom is -0.370 e. The molecule has 0 aliphatic carbocycles. The molecule has 1 heterocycles. The van der Waals surface area contributed by atoms with Crippen LogP contribution in [0.3, 0.4) is 0 Å². The number of pyridine rings is 1. The van der Waals surface area contributed by atoms with E-state index < -0.39 is 0 Å². The molecule has 0 saturated carbocycles. The smallest absolute Gasteiger partial charge is 0.125 e. The van der Waals surface area contributed by atoms with Gasteiger partial charge in [0, 0.05) is 12.7 Å². The summed E-state index contributed by atoms with van der Waals surface area (Å²) in [4.78, 5) is 4.16. The monoisotopic (exact) mass is 249 g/mol. The molecular weight excluding hydrogens is 230 g/mol. The summed E-state index contributed by atoms with van der Waals surface area (Å²) < 4.78 is 0. The first-order chi connectivity index (χ1) is 8.36. The van der Waals surface area contributed by atoms with Gasteiger partial charge in [-0.1, -0.05) is 12.8 Å². The van der Waals surface area contributed by atoms with Crippen LogP contribution in [0.15, 0.2) is 18.3 Å². The quantitative estimate of drug-likeness (QED) is 0.718. The van der Waals surface area contributed by atoms with E-state index in [2.05, 4.69) is 22.6 Å². The molecule has 0 atom stereocenters. The molecule has 1 N–H and O–H groups in total. The van der Waals surface area contributed by atoms with Crippen LogP contribution in [0.5, 0.6) is 0 Å². The lowest BCUT2D eigenvalue weighted by atomic mass is 10.2. The van der Waals surface area contributed by atoms with Gasteiger partial charge in [-0.25, -0.2) is 4.98 Å². The zero-order chi connectivity index (χ0) is 12.3. The minimum atomic E-state index is 0.604. The van der Waals surface area contributed by atoms with E-state index in [1.165, 1.54) is 31.4 Å². The Balaban J connectivity index is 2.08. The maximum absolute atomic E-state index is 8.63. The summed E-state index contributed by atoms with van der Waals surface area (Å²) in [5.41, 5.74) is 0.604. The van der Waals surface area contributed by atoms with Crippen molar-refractivity contribution in [1.82, 2.24) is 4.98 Å². The molecule has 0 radical (unpaired) electrons. The fraction of sp³-hybridized carbons (Fsp3) is 0.538. The summed E-state index contributed by atoms with van der Waals surface area (Å²) >= 11 is 1.91. The van der Waals surface area contributed by atoms with E-state index in [1.807, 2.05) is 17.8 Å². The SMILES string of the molecule is CSCCCCCCNc1ccc(C#N)cn1. The van der Waals surface area contributed by atoms with Crippen molar-refractivity contribution in [2.45, 2.75) is 25.7 Å². The molecule has 1 rings (SSSR count). The number of thioether (sulfide) groups is 1. The number of rotatable bonds is 8. The average molecular weight is 249 g/mol. The maximum Gasteiger partial charge on any atom is 0.125 e. The van der Waals surface area contributed by atoms with Crippen LogP contribution in [0.4, 0.5) is 5.82 Å². The first-order valence-electron chi connectivity index (χ1n) is 5.96. The lowest BCUT2D eigenvalue weighted by Crippen LogP contribution is -2.03. The van der Waals surface area contributed by atoms with E-state index in [0.29, 0.717) is 5.56 Å². The Kier molecular flexibility index (Phi) is 7.24. The molecule has 0 aliphatic heterocycles. The van der Waals surface area contributed by atoms with Crippen LogP contribution in [0.25, 0.3) is 0 Å². The van der Waals surface area contributed by atoms with Gasteiger partial charge in [0.15, 0.2) is 0 Å². The van der Waals surface area contributed by atoms with E-state index in [1.54, 1.807) is 12.3 Å². The highest BCUT2D eigenvalue weighted by atomic mass is 32.2. The van der Waals surface area contributed by atoms with Gasteiger partial charge in [-0.2, -0.15) is 17.0 Å². The molecule has 1 aromatic rings. The standard InChI is InChI=1S/C13H19N3S/c1-17-9-5-3-2-4-8-15-13-7-6-12(10-14)11-16-13/h6-7,11H,2-5,8-9H2,1H3,(H,15,16). The number of nitrogens with one attached hydrogen (secondary N) is 1. The van der Waals surface area contributed by atoms with Gasteiger partial charge < -0.3 is 5.32 Å². The highest BCUT2D eigenvalue weighted by Crippen LogP contribution is 2.07. The molecule has 1 aromatic heterocycles. The number of anilines is 1. The molecule has 4 heteroatoms. The highest BCUT2D eigenvalue weighted by Gasteiger charge is 1.94. The van der Waals surface area contributed by atoms with Gasteiger partial charge in [-0.15, -0.1) is 0 Å². The van der Waals surface area contributed by atoms with Gasteiger partial charge in [-0.05, 0) is 37.0 Å². The van der Waals surface area contributed by atoms with Gasteiger partial charge in [0.25, 0.3) is 0 Å². The lowest BCUT2D eigenvalue weighted by Gasteiger charge is -2.05. The maximum atomic E-state index is 8.63. The molecule has 0 fully saturated rings. The first-order valence-corrected chi connectivity index (χ1v) is 7.35. The van der Waals surface area contributed by atoms with Crippen LogP contribution < -0.4 is 5.32 Å². The van der Waals surface area contributed by atoms with E-state index in [9.17, 15) is 0 Å². The molecule has 17 heavy (non-hydrogen) atoms. The zero-order valence-electron chi connectivity index (χ0n) is 10.3. The summed E-state index contributed by atoms with van der Waals surface area (Å²) in [6.45, 7) is 0.957. The van der Waals surface area contributed by atoms with Crippen molar-refractivity contribution in [2.75, 3.05) is 23.9 Å². The molecule has 0 bridgehead atoms. The molecule has 92 valence electrons. The van der Waals surface area contributed by atoms with Crippen LogP contribution in [0.1, 0.15) is 31.2 Å². The third-order valence-corrected chi connectivity index (χ3v) is 3.17. The fourth-order valence-electron chi connectivity index (χ4n) is 1.51. The van der Waals surface area contributed by atoms with Crippen LogP contribution in [0, 0.1) is 11.3 Å². The Morgan fingerprint density at radius 1 is 1.29 bits per heavy atom. The largest absolute Gasteiger partial charge is 0.370 e. The Morgan fingerprint density at radius 3 is 2.76 bits per heavy atom. The van der Waals surface area contributed by atoms with E-state index >= 15 is 0 Å². The second-order valence-corrected chi connectivity index (χ2v) is 4.86. The summed E-state index contributed by atoms with van der Waals surface area (Å²) in [5.74, 6) is 2.12. The average Bonchev–Trinajstić information content (AvgIpc) is 2.38. The molecular formula is C13H19N3S. The number of unbranched alkanes of at least 4 members (excludes halogenated alkanes) is 3. The predicted octanol–water partition coefficient (Wildman–Crippen LogP) is 3.29. The van der Waals surface area contributed by atoms with Gasteiger partial charge in [0.1, 0.15) is 11.9 Å². The van der Waals surface area contributed by atoms with Crippen molar-refractivity contribution in [3.63, 3.8) is 0 Å².